The predicted octanol–water partition coefficient (Wildman–Crippen LogP) is 2.88. The Balaban J connectivity index is 2.25. The molecule has 30 heavy (non-hydrogen) atoms. The smallest absolute Gasteiger partial charge is 0.255 e. The Labute approximate surface area is 177 Å². The van der Waals surface area contributed by atoms with Crippen LogP contribution in [0.3, 0.4) is 0 Å². The van der Waals surface area contributed by atoms with E-state index in [4.69, 9.17) is 19.3 Å². The molecular formula is C21H28N2O6S. The number of nitrogens with two attached hydrogens (primary N) is 1. The second-order valence-electron chi connectivity index (χ2n) is 7.22. The standard InChI is InChI=1S/C21H28N2O6S/c1-13(2)12-29-19-8-6-15(10-20(19)28-5)14(3)23-21(24)17-11-16(30(22,25)26)7-9-18(17)27-4/h6-11,13-14H,12H2,1-5H3,(H,23,24)(H2,22,25,26). The van der Waals surface area contributed by atoms with E-state index in [0.717, 1.165) is 5.56 Å². The SMILES string of the molecule is COc1cc(C(C)NC(=O)c2cc(S(N)(=O)=O)ccc2OC)ccc1OCC(C)C. The third kappa shape index (κ3) is 5.87. The Bertz CT molecular complexity index is 1000. The van der Waals surface area contributed by atoms with Crippen molar-refractivity contribution in [2.24, 2.45) is 11.1 Å². The summed E-state index contributed by atoms with van der Waals surface area (Å²) in [7, 11) is -1.01. The van der Waals surface area contributed by atoms with Crippen LogP contribution >= 0.6 is 0 Å². The van der Waals surface area contributed by atoms with E-state index in [0.29, 0.717) is 24.0 Å². The number of primary sulfonamides is 1. The summed E-state index contributed by atoms with van der Waals surface area (Å²) in [6, 6.07) is 8.90. The molecule has 0 saturated carbocycles. The first-order chi connectivity index (χ1) is 14.1. The second kappa shape index (κ2) is 9.82. The number of ether oxygens (including phenoxy) is 3. The lowest BCUT2D eigenvalue weighted by atomic mass is 10.1. The highest BCUT2D eigenvalue weighted by Gasteiger charge is 2.20. The number of rotatable bonds is 9. The lowest BCUT2D eigenvalue weighted by Gasteiger charge is -2.18. The predicted molar refractivity (Wildman–Crippen MR) is 114 cm³/mol. The molecule has 8 nitrogen and oxygen atoms in total. The van der Waals surface area contributed by atoms with E-state index in [1.807, 2.05) is 6.07 Å². The first-order valence-corrected chi connectivity index (χ1v) is 10.9. The van der Waals surface area contributed by atoms with Crippen molar-refractivity contribution >= 4 is 15.9 Å². The van der Waals surface area contributed by atoms with Gasteiger partial charge in [0.15, 0.2) is 11.5 Å². The van der Waals surface area contributed by atoms with Crippen molar-refractivity contribution in [3.63, 3.8) is 0 Å². The lowest BCUT2D eigenvalue weighted by molar-refractivity contribution is 0.0936. The van der Waals surface area contributed by atoms with Crippen LogP contribution in [0.1, 0.15) is 42.7 Å². The summed E-state index contributed by atoms with van der Waals surface area (Å²) in [5, 5.41) is 8.01. The highest BCUT2D eigenvalue weighted by atomic mass is 32.2. The molecule has 0 aliphatic rings. The van der Waals surface area contributed by atoms with Crippen molar-refractivity contribution in [2.75, 3.05) is 20.8 Å². The maximum absolute atomic E-state index is 12.8. The quantitative estimate of drug-likeness (QED) is 0.624. The molecule has 3 N–H and O–H groups in total. The number of amides is 1. The van der Waals surface area contributed by atoms with Crippen LogP contribution in [0, 0.1) is 5.92 Å². The first-order valence-electron chi connectivity index (χ1n) is 9.39. The fourth-order valence-corrected chi connectivity index (χ4v) is 3.27. The molecule has 164 valence electrons. The molecule has 9 heteroatoms. The highest BCUT2D eigenvalue weighted by molar-refractivity contribution is 7.89. The van der Waals surface area contributed by atoms with E-state index in [9.17, 15) is 13.2 Å². The number of nitrogens with one attached hydrogen (secondary N) is 1. The first kappa shape index (κ1) is 23.5. The average Bonchev–Trinajstić information content (AvgIpc) is 2.70. The normalized spacial score (nSPS) is 12.4. The molecule has 0 aromatic heterocycles. The Morgan fingerprint density at radius 3 is 2.20 bits per heavy atom. The largest absolute Gasteiger partial charge is 0.496 e. The number of hydrogen-bond acceptors (Lipinski definition) is 6. The van der Waals surface area contributed by atoms with Crippen LogP contribution < -0.4 is 24.7 Å². The third-order valence-corrected chi connectivity index (χ3v) is 5.26. The molecule has 0 spiro atoms. The second-order valence-corrected chi connectivity index (χ2v) is 8.78. The molecule has 2 aromatic rings. The number of carbonyl (C=O) groups is 1. The van der Waals surface area contributed by atoms with Gasteiger partial charge in [0.05, 0.1) is 37.3 Å². The Morgan fingerprint density at radius 1 is 1.00 bits per heavy atom. The summed E-state index contributed by atoms with van der Waals surface area (Å²) >= 11 is 0. The van der Waals surface area contributed by atoms with Crippen molar-refractivity contribution in [2.45, 2.75) is 31.7 Å². The lowest BCUT2D eigenvalue weighted by Crippen LogP contribution is -2.27. The fraction of sp³-hybridized carbons (Fsp3) is 0.381. The topological polar surface area (TPSA) is 117 Å². The van der Waals surface area contributed by atoms with Crippen LogP contribution in [-0.2, 0) is 10.0 Å². The average molecular weight is 437 g/mol. The molecular weight excluding hydrogens is 408 g/mol. The van der Waals surface area contributed by atoms with Crippen molar-refractivity contribution in [3.8, 4) is 17.2 Å². The van der Waals surface area contributed by atoms with E-state index >= 15 is 0 Å². The van der Waals surface area contributed by atoms with Gasteiger partial charge in [0, 0.05) is 0 Å². The Kier molecular flexibility index (Phi) is 7.69. The van der Waals surface area contributed by atoms with Gasteiger partial charge in [-0.25, -0.2) is 13.6 Å². The molecule has 0 saturated heterocycles. The van der Waals surface area contributed by atoms with Gasteiger partial charge in [-0.3, -0.25) is 4.79 Å². The number of benzene rings is 2. The summed E-state index contributed by atoms with van der Waals surface area (Å²) in [6.45, 7) is 6.47. The highest BCUT2D eigenvalue weighted by Crippen LogP contribution is 2.31. The Morgan fingerprint density at radius 2 is 1.63 bits per heavy atom. The molecule has 2 aromatic carbocycles. The molecule has 0 heterocycles. The van der Waals surface area contributed by atoms with Gasteiger partial charge in [-0.15, -0.1) is 0 Å². The number of carbonyl (C=O) groups excluding carboxylic acids is 1. The van der Waals surface area contributed by atoms with Gasteiger partial charge in [-0.2, -0.15) is 0 Å². The van der Waals surface area contributed by atoms with Crippen molar-refractivity contribution in [3.05, 3.63) is 47.5 Å². The zero-order valence-corrected chi connectivity index (χ0v) is 18.6. The molecule has 0 radical (unpaired) electrons. The van der Waals surface area contributed by atoms with Crippen LogP contribution in [0.15, 0.2) is 41.3 Å². The van der Waals surface area contributed by atoms with Crippen molar-refractivity contribution < 1.29 is 27.4 Å². The van der Waals surface area contributed by atoms with Gasteiger partial charge in [0.1, 0.15) is 5.75 Å². The van der Waals surface area contributed by atoms with Crippen LogP contribution in [0.4, 0.5) is 0 Å². The van der Waals surface area contributed by atoms with Crippen LogP contribution in [0.5, 0.6) is 17.2 Å². The van der Waals surface area contributed by atoms with Gasteiger partial charge in [-0.1, -0.05) is 19.9 Å². The molecule has 0 aliphatic carbocycles. The van der Waals surface area contributed by atoms with E-state index in [1.54, 1.807) is 26.2 Å². The van der Waals surface area contributed by atoms with Crippen LogP contribution in [0.2, 0.25) is 0 Å². The third-order valence-electron chi connectivity index (χ3n) is 4.35. The molecule has 1 unspecified atom stereocenters. The zero-order valence-electron chi connectivity index (χ0n) is 17.8. The van der Waals surface area contributed by atoms with Crippen LogP contribution in [-0.4, -0.2) is 35.2 Å². The number of hydrogen-bond donors (Lipinski definition) is 2. The van der Waals surface area contributed by atoms with Gasteiger partial charge in [-0.05, 0) is 48.7 Å². The molecule has 0 aliphatic heterocycles. The van der Waals surface area contributed by atoms with Gasteiger partial charge >= 0.3 is 0 Å². The van der Waals surface area contributed by atoms with E-state index in [-0.39, 0.29) is 16.2 Å². The number of methoxy groups -OCH3 is 2. The molecule has 1 amide bonds. The van der Waals surface area contributed by atoms with Crippen LogP contribution in [0.25, 0.3) is 0 Å². The molecule has 0 fully saturated rings. The summed E-state index contributed by atoms with van der Waals surface area (Å²) in [5.41, 5.74) is 0.860. The monoisotopic (exact) mass is 436 g/mol. The Hall–Kier alpha value is -2.78. The van der Waals surface area contributed by atoms with Gasteiger partial charge < -0.3 is 19.5 Å². The molecule has 1 atom stereocenters. The minimum Gasteiger partial charge on any atom is -0.496 e. The van der Waals surface area contributed by atoms with E-state index in [2.05, 4.69) is 19.2 Å². The summed E-state index contributed by atoms with van der Waals surface area (Å²) < 4.78 is 39.6. The molecule has 2 rings (SSSR count). The van der Waals surface area contributed by atoms with Gasteiger partial charge in [0.25, 0.3) is 5.91 Å². The summed E-state index contributed by atoms with van der Waals surface area (Å²) in [6.07, 6.45) is 0. The maximum Gasteiger partial charge on any atom is 0.255 e. The van der Waals surface area contributed by atoms with Crippen molar-refractivity contribution in [1.82, 2.24) is 5.32 Å². The zero-order chi connectivity index (χ0) is 22.5. The molecule has 0 bridgehead atoms. The maximum atomic E-state index is 12.8. The number of sulfonamides is 1. The van der Waals surface area contributed by atoms with E-state index < -0.39 is 22.0 Å². The van der Waals surface area contributed by atoms with E-state index in [1.165, 1.54) is 25.3 Å². The summed E-state index contributed by atoms with van der Waals surface area (Å²) in [4.78, 5) is 12.6. The van der Waals surface area contributed by atoms with Crippen molar-refractivity contribution in [1.29, 1.82) is 0 Å². The fourth-order valence-electron chi connectivity index (χ4n) is 2.73. The minimum absolute atomic E-state index is 0.0692. The van der Waals surface area contributed by atoms with Gasteiger partial charge in [0.2, 0.25) is 10.0 Å². The summed E-state index contributed by atoms with van der Waals surface area (Å²) in [5.74, 6) is 1.29. The minimum atomic E-state index is -3.96.